The molecule has 0 spiro atoms. The second-order valence-electron chi connectivity index (χ2n) is 6.05. The number of carbonyl (C=O) groups excluding carboxylic acids is 1. The van der Waals surface area contributed by atoms with Gasteiger partial charge in [0.25, 0.3) is 0 Å². The van der Waals surface area contributed by atoms with Gasteiger partial charge in [-0.1, -0.05) is 19.8 Å². The van der Waals surface area contributed by atoms with Crippen LogP contribution in [0.2, 0.25) is 0 Å². The van der Waals surface area contributed by atoms with E-state index in [-0.39, 0.29) is 12.1 Å². The minimum absolute atomic E-state index is 0.146. The zero-order valence-corrected chi connectivity index (χ0v) is 16.8. The van der Waals surface area contributed by atoms with Crippen molar-refractivity contribution in [1.29, 1.82) is 0 Å². The molecular formula is C19H38O7. The molecule has 26 heavy (non-hydrogen) atoms. The van der Waals surface area contributed by atoms with Crippen LogP contribution in [0.25, 0.3) is 0 Å². The van der Waals surface area contributed by atoms with Crippen molar-refractivity contribution in [1.82, 2.24) is 0 Å². The maximum absolute atomic E-state index is 11.3. The van der Waals surface area contributed by atoms with Gasteiger partial charge in [0.05, 0.1) is 65.6 Å². The summed E-state index contributed by atoms with van der Waals surface area (Å²) in [4.78, 5) is 11.3. The molecule has 7 heteroatoms. The molecule has 0 aliphatic rings. The number of carbonyl (C=O) groups is 1. The fourth-order valence-electron chi connectivity index (χ4n) is 1.91. The van der Waals surface area contributed by atoms with Gasteiger partial charge in [-0.05, 0) is 20.3 Å². The van der Waals surface area contributed by atoms with Crippen LogP contribution >= 0.6 is 0 Å². The topological polar surface area (TPSA) is 72.5 Å². The Morgan fingerprint density at radius 3 is 1.62 bits per heavy atom. The summed E-state index contributed by atoms with van der Waals surface area (Å²) in [6.45, 7) is 11.1. The highest BCUT2D eigenvalue weighted by atomic mass is 16.6. The Morgan fingerprint density at radius 2 is 1.15 bits per heavy atom. The van der Waals surface area contributed by atoms with E-state index in [1.807, 2.05) is 13.8 Å². The van der Waals surface area contributed by atoms with Crippen LogP contribution in [-0.4, -0.2) is 78.1 Å². The lowest BCUT2D eigenvalue weighted by Gasteiger charge is -2.09. The Labute approximate surface area is 158 Å². The van der Waals surface area contributed by atoms with Gasteiger partial charge in [0, 0.05) is 6.42 Å². The first kappa shape index (κ1) is 25.3. The molecule has 0 aliphatic carbocycles. The number of hydrogen-bond donors (Lipinski definition) is 0. The summed E-state index contributed by atoms with van der Waals surface area (Å²) in [7, 11) is 0. The first-order chi connectivity index (χ1) is 12.7. The zero-order valence-electron chi connectivity index (χ0n) is 16.8. The molecule has 0 radical (unpaired) electrons. The molecule has 0 heterocycles. The van der Waals surface area contributed by atoms with Crippen molar-refractivity contribution in [2.75, 3.05) is 66.1 Å². The van der Waals surface area contributed by atoms with E-state index in [1.165, 1.54) is 0 Å². The van der Waals surface area contributed by atoms with Crippen molar-refractivity contribution in [3.63, 3.8) is 0 Å². The Balaban J connectivity index is 3.08. The third kappa shape index (κ3) is 21.3. The van der Waals surface area contributed by atoms with Crippen LogP contribution < -0.4 is 0 Å². The minimum Gasteiger partial charge on any atom is -0.463 e. The molecule has 0 atom stereocenters. The highest BCUT2D eigenvalue weighted by Gasteiger charge is 2.01. The highest BCUT2D eigenvalue weighted by molar-refractivity contribution is 5.69. The van der Waals surface area contributed by atoms with Gasteiger partial charge in [0.2, 0.25) is 0 Å². The van der Waals surface area contributed by atoms with Gasteiger partial charge < -0.3 is 28.4 Å². The van der Waals surface area contributed by atoms with Crippen molar-refractivity contribution < 1.29 is 33.2 Å². The fraction of sp³-hybridized carbons (Fsp3) is 0.947. The van der Waals surface area contributed by atoms with E-state index >= 15 is 0 Å². The Kier molecular flexibility index (Phi) is 20.0. The van der Waals surface area contributed by atoms with Gasteiger partial charge in [-0.15, -0.1) is 0 Å². The average molecular weight is 379 g/mol. The molecule has 0 saturated carbocycles. The van der Waals surface area contributed by atoms with Crippen molar-refractivity contribution in [2.24, 2.45) is 0 Å². The highest BCUT2D eigenvalue weighted by Crippen LogP contribution is 2.00. The lowest BCUT2D eigenvalue weighted by Crippen LogP contribution is -2.15. The number of ether oxygens (including phenoxy) is 6. The van der Waals surface area contributed by atoms with Crippen LogP contribution in [0.5, 0.6) is 0 Å². The van der Waals surface area contributed by atoms with Crippen LogP contribution in [0, 0.1) is 0 Å². The molecule has 0 bridgehead atoms. The third-order valence-electron chi connectivity index (χ3n) is 3.27. The zero-order chi connectivity index (χ0) is 19.3. The van der Waals surface area contributed by atoms with E-state index < -0.39 is 0 Å². The van der Waals surface area contributed by atoms with Gasteiger partial charge in [0.1, 0.15) is 6.61 Å². The van der Waals surface area contributed by atoms with Crippen LogP contribution in [0.4, 0.5) is 0 Å². The summed E-state index contributed by atoms with van der Waals surface area (Å²) < 4.78 is 31.9. The number of esters is 1. The summed E-state index contributed by atoms with van der Waals surface area (Å²) in [6.07, 6.45) is 3.79. The molecule has 0 aromatic rings. The summed E-state index contributed by atoms with van der Waals surface area (Å²) in [5, 5.41) is 0. The first-order valence-corrected chi connectivity index (χ1v) is 9.75. The lowest BCUT2D eigenvalue weighted by atomic mass is 10.2. The molecule has 156 valence electrons. The van der Waals surface area contributed by atoms with Crippen LogP contribution in [0.1, 0.15) is 46.5 Å². The molecule has 0 unspecified atom stereocenters. The molecule has 0 aliphatic heterocycles. The molecule has 7 nitrogen and oxygen atoms in total. The maximum atomic E-state index is 11.3. The Hall–Kier alpha value is -0.730. The molecule has 0 N–H and O–H groups in total. The second-order valence-corrected chi connectivity index (χ2v) is 6.05. The smallest absolute Gasteiger partial charge is 0.305 e. The van der Waals surface area contributed by atoms with E-state index in [9.17, 15) is 4.79 Å². The van der Waals surface area contributed by atoms with E-state index in [4.69, 9.17) is 28.4 Å². The molecule has 0 rings (SSSR count). The molecule has 0 aromatic carbocycles. The maximum Gasteiger partial charge on any atom is 0.305 e. The standard InChI is InChI=1S/C19H38O7/c1-4-5-6-7-19(20)26-17-15-24-13-11-22-9-8-21-10-12-23-14-16-25-18(2)3/h18H,4-17H2,1-3H3. The van der Waals surface area contributed by atoms with Crippen molar-refractivity contribution >= 4 is 5.97 Å². The van der Waals surface area contributed by atoms with E-state index in [1.54, 1.807) is 0 Å². The summed E-state index contributed by atoms with van der Waals surface area (Å²) in [5.41, 5.74) is 0. The van der Waals surface area contributed by atoms with E-state index in [0.717, 1.165) is 19.3 Å². The summed E-state index contributed by atoms with van der Waals surface area (Å²) in [5.74, 6) is -0.146. The van der Waals surface area contributed by atoms with Gasteiger partial charge in [0.15, 0.2) is 0 Å². The Bertz CT molecular complexity index is 298. The van der Waals surface area contributed by atoms with Crippen molar-refractivity contribution in [2.45, 2.75) is 52.6 Å². The van der Waals surface area contributed by atoms with Crippen molar-refractivity contribution in [3.05, 3.63) is 0 Å². The molecule has 0 saturated heterocycles. The van der Waals surface area contributed by atoms with Crippen LogP contribution in [-0.2, 0) is 33.2 Å². The minimum atomic E-state index is -0.146. The van der Waals surface area contributed by atoms with Gasteiger partial charge >= 0.3 is 5.97 Å². The number of rotatable bonds is 20. The normalized spacial score (nSPS) is 11.2. The largest absolute Gasteiger partial charge is 0.463 e. The van der Waals surface area contributed by atoms with Crippen molar-refractivity contribution in [3.8, 4) is 0 Å². The van der Waals surface area contributed by atoms with Crippen LogP contribution in [0.3, 0.4) is 0 Å². The van der Waals surface area contributed by atoms with E-state index in [0.29, 0.717) is 72.5 Å². The second kappa shape index (κ2) is 20.6. The Morgan fingerprint density at radius 1 is 0.692 bits per heavy atom. The molecule has 0 fully saturated rings. The van der Waals surface area contributed by atoms with Gasteiger partial charge in [-0.3, -0.25) is 4.79 Å². The molecular weight excluding hydrogens is 340 g/mol. The lowest BCUT2D eigenvalue weighted by molar-refractivity contribution is -0.145. The summed E-state index contributed by atoms with van der Waals surface area (Å²) in [6, 6.07) is 0. The third-order valence-corrected chi connectivity index (χ3v) is 3.27. The average Bonchev–Trinajstić information content (AvgIpc) is 2.61. The quantitative estimate of drug-likeness (QED) is 0.238. The van der Waals surface area contributed by atoms with Gasteiger partial charge in [-0.2, -0.15) is 0 Å². The number of hydrogen-bond acceptors (Lipinski definition) is 7. The van der Waals surface area contributed by atoms with Gasteiger partial charge in [-0.25, -0.2) is 0 Å². The fourth-order valence-corrected chi connectivity index (χ4v) is 1.91. The predicted molar refractivity (Wildman–Crippen MR) is 99.5 cm³/mol. The molecule has 0 amide bonds. The monoisotopic (exact) mass is 378 g/mol. The SMILES string of the molecule is CCCCCC(=O)OCCOCCOCCOCCOCCOC(C)C. The van der Waals surface area contributed by atoms with E-state index in [2.05, 4.69) is 6.92 Å². The first-order valence-electron chi connectivity index (χ1n) is 9.75. The van der Waals surface area contributed by atoms with Crippen LogP contribution in [0.15, 0.2) is 0 Å². The molecule has 0 aromatic heterocycles. The predicted octanol–water partition coefficient (Wildman–Crippen LogP) is 2.60. The number of unbranched alkanes of at least 4 members (excludes halogenated alkanes) is 2. The summed E-state index contributed by atoms with van der Waals surface area (Å²) >= 11 is 0.